The van der Waals surface area contributed by atoms with Crippen LogP contribution in [-0.4, -0.2) is 46.3 Å². The fraction of sp³-hybridized carbons (Fsp3) is 0.233. The molecule has 3 aromatic carbocycles. The first-order chi connectivity index (χ1) is 19.2. The summed E-state index contributed by atoms with van der Waals surface area (Å²) in [6.07, 6.45) is 0. The second kappa shape index (κ2) is 13.4. The lowest BCUT2D eigenvalue weighted by Gasteiger charge is -2.24. The zero-order valence-electron chi connectivity index (χ0n) is 22.5. The minimum atomic E-state index is -0.379. The lowest BCUT2D eigenvalue weighted by molar-refractivity contribution is -0.116. The third-order valence-corrected chi connectivity index (χ3v) is 6.56. The molecule has 1 heterocycles. The van der Waals surface area contributed by atoms with E-state index in [0.29, 0.717) is 51.8 Å². The molecule has 0 saturated carbocycles. The van der Waals surface area contributed by atoms with Crippen LogP contribution in [0.4, 0.5) is 16.3 Å². The van der Waals surface area contributed by atoms with Gasteiger partial charge in [-0.2, -0.15) is 5.10 Å². The summed E-state index contributed by atoms with van der Waals surface area (Å²) in [6, 6.07) is 23.2. The van der Waals surface area contributed by atoms with Gasteiger partial charge in [0, 0.05) is 23.9 Å². The number of hydrogen-bond acceptors (Lipinski definition) is 4. The molecule has 2 N–H and O–H groups in total. The molecule has 3 amide bonds. The monoisotopic (exact) mass is 579 g/mol. The largest absolute Gasteiger partial charge is 0.494 e. The van der Waals surface area contributed by atoms with E-state index in [1.54, 1.807) is 53.2 Å². The van der Waals surface area contributed by atoms with Gasteiger partial charge in [0.2, 0.25) is 5.91 Å². The van der Waals surface area contributed by atoms with Crippen molar-refractivity contribution in [3.05, 3.63) is 88.9 Å². The molecule has 4 rings (SSSR count). The molecule has 8 nitrogen and oxygen atoms in total. The molecule has 0 bridgehead atoms. The molecule has 0 aliphatic rings. The van der Waals surface area contributed by atoms with Crippen LogP contribution in [0.25, 0.3) is 16.9 Å². The number of anilines is 2. The fourth-order valence-corrected chi connectivity index (χ4v) is 4.35. The number of aromatic nitrogens is 2. The maximum atomic E-state index is 13.3. The molecule has 1 aromatic heterocycles. The van der Waals surface area contributed by atoms with E-state index >= 15 is 0 Å². The molecular formula is C30H31Cl2N5O3. The van der Waals surface area contributed by atoms with Crippen molar-refractivity contribution in [2.75, 3.05) is 30.3 Å². The highest BCUT2D eigenvalue weighted by molar-refractivity contribution is 6.42. The highest BCUT2D eigenvalue weighted by atomic mass is 35.5. The van der Waals surface area contributed by atoms with E-state index in [-0.39, 0.29) is 24.4 Å². The molecule has 0 unspecified atom stereocenters. The van der Waals surface area contributed by atoms with E-state index in [0.717, 1.165) is 5.56 Å². The first kappa shape index (κ1) is 29.0. The summed E-state index contributed by atoms with van der Waals surface area (Å²) in [7, 11) is 0. The molecule has 0 fully saturated rings. The van der Waals surface area contributed by atoms with E-state index < -0.39 is 0 Å². The van der Waals surface area contributed by atoms with Gasteiger partial charge in [-0.1, -0.05) is 67.4 Å². The molecule has 0 radical (unpaired) electrons. The summed E-state index contributed by atoms with van der Waals surface area (Å²) >= 11 is 12.4. The van der Waals surface area contributed by atoms with Crippen molar-refractivity contribution in [2.45, 2.75) is 20.8 Å². The molecule has 0 saturated heterocycles. The number of benzene rings is 3. The van der Waals surface area contributed by atoms with Crippen LogP contribution in [-0.2, 0) is 4.79 Å². The first-order valence-electron chi connectivity index (χ1n) is 12.9. The number of rotatable bonds is 10. The lowest BCUT2D eigenvalue weighted by Crippen LogP contribution is -2.42. The second-order valence-corrected chi connectivity index (χ2v) is 10.3. The number of carbonyl (C=O) groups excluding carboxylic acids is 2. The predicted octanol–water partition coefficient (Wildman–Crippen LogP) is 7.37. The van der Waals surface area contributed by atoms with E-state index in [1.165, 1.54) is 4.90 Å². The van der Waals surface area contributed by atoms with Gasteiger partial charge < -0.3 is 20.3 Å². The van der Waals surface area contributed by atoms with Crippen molar-refractivity contribution >= 4 is 46.6 Å². The zero-order valence-corrected chi connectivity index (χ0v) is 24.0. The number of hydrogen-bond donors (Lipinski definition) is 2. The van der Waals surface area contributed by atoms with Crippen molar-refractivity contribution < 1.29 is 14.3 Å². The van der Waals surface area contributed by atoms with Crippen molar-refractivity contribution in [3.63, 3.8) is 0 Å². The number of ether oxygens (including phenoxy) is 1. The summed E-state index contributed by atoms with van der Waals surface area (Å²) in [4.78, 5) is 27.9. The van der Waals surface area contributed by atoms with Gasteiger partial charge in [0.1, 0.15) is 18.1 Å². The van der Waals surface area contributed by atoms with E-state index in [4.69, 9.17) is 33.0 Å². The molecule has 0 atom stereocenters. The Hall–Kier alpha value is -4.01. The van der Waals surface area contributed by atoms with Gasteiger partial charge in [0.15, 0.2) is 0 Å². The molecule has 4 aromatic rings. The van der Waals surface area contributed by atoms with Gasteiger partial charge in [0.05, 0.1) is 28.0 Å². The second-order valence-electron chi connectivity index (χ2n) is 9.50. The Morgan fingerprint density at radius 3 is 2.33 bits per heavy atom. The summed E-state index contributed by atoms with van der Waals surface area (Å²) in [5.74, 6) is 0.916. The van der Waals surface area contributed by atoms with Crippen LogP contribution < -0.4 is 15.4 Å². The topological polar surface area (TPSA) is 88.5 Å². The molecule has 208 valence electrons. The molecule has 0 aliphatic heterocycles. The summed E-state index contributed by atoms with van der Waals surface area (Å²) in [5, 5.41) is 11.3. The van der Waals surface area contributed by atoms with E-state index in [1.807, 2.05) is 51.1 Å². The van der Waals surface area contributed by atoms with Crippen molar-refractivity contribution in [3.8, 4) is 22.7 Å². The zero-order chi connectivity index (χ0) is 28.6. The Kier molecular flexibility index (Phi) is 9.69. The average molecular weight is 581 g/mol. The number of amides is 3. The third kappa shape index (κ3) is 7.55. The average Bonchev–Trinajstić information content (AvgIpc) is 3.35. The minimum absolute atomic E-state index is 0.144. The van der Waals surface area contributed by atoms with Gasteiger partial charge in [-0.25, -0.2) is 9.48 Å². The van der Waals surface area contributed by atoms with E-state index in [2.05, 4.69) is 10.6 Å². The Labute approximate surface area is 243 Å². The van der Waals surface area contributed by atoms with Crippen molar-refractivity contribution in [1.29, 1.82) is 0 Å². The highest BCUT2D eigenvalue weighted by Gasteiger charge is 2.21. The number of nitrogens with one attached hydrogen (secondary N) is 2. The van der Waals surface area contributed by atoms with E-state index in [9.17, 15) is 9.59 Å². The van der Waals surface area contributed by atoms with Crippen LogP contribution in [0, 0.1) is 5.92 Å². The summed E-state index contributed by atoms with van der Waals surface area (Å²) in [5.41, 5.74) is 2.77. The maximum absolute atomic E-state index is 13.3. The standard InChI is InChI=1S/C30H31Cl2N5O3/c1-4-40-24-13-10-22(11-14-24)33-30(39)36(18-20(2)3)19-29(38)34-28-17-27(21-8-6-5-7-9-21)35-37(28)23-12-15-25(31)26(32)16-23/h5-17,20H,4,18-19H2,1-3H3,(H,33,39)(H,34,38). The van der Waals surface area contributed by atoms with Gasteiger partial charge in [0.25, 0.3) is 0 Å². The number of urea groups is 1. The Morgan fingerprint density at radius 1 is 0.950 bits per heavy atom. The Bertz CT molecular complexity index is 1460. The normalized spacial score (nSPS) is 10.8. The predicted molar refractivity (Wildman–Crippen MR) is 161 cm³/mol. The van der Waals surface area contributed by atoms with Crippen molar-refractivity contribution in [1.82, 2.24) is 14.7 Å². The van der Waals surface area contributed by atoms with Crippen molar-refractivity contribution in [2.24, 2.45) is 5.92 Å². The minimum Gasteiger partial charge on any atom is -0.494 e. The number of nitrogens with zero attached hydrogens (tertiary/aromatic N) is 3. The quantitative estimate of drug-likeness (QED) is 0.205. The smallest absolute Gasteiger partial charge is 0.322 e. The van der Waals surface area contributed by atoms with Crippen LogP contribution in [0.15, 0.2) is 78.9 Å². The third-order valence-electron chi connectivity index (χ3n) is 5.82. The Morgan fingerprint density at radius 2 is 1.68 bits per heavy atom. The molecule has 0 spiro atoms. The van der Waals surface area contributed by atoms with Crippen LogP contribution in [0.3, 0.4) is 0 Å². The Balaban J connectivity index is 1.55. The van der Waals surface area contributed by atoms with Gasteiger partial charge in [-0.3, -0.25) is 4.79 Å². The first-order valence-corrected chi connectivity index (χ1v) is 13.7. The molecular weight excluding hydrogens is 549 g/mol. The lowest BCUT2D eigenvalue weighted by atomic mass is 10.1. The van der Waals surface area contributed by atoms with Gasteiger partial charge in [-0.15, -0.1) is 0 Å². The molecule has 0 aliphatic carbocycles. The van der Waals surface area contributed by atoms with Crippen LogP contribution >= 0.6 is 23.2 Å². The highest BCUT2D eigenvalue weighted by Crippen LogP contribution is 2.29. The summed E-state index contributed by atoms with van der Waals surface area (Å²) < 4.78 is 7.05. The number of carbonyl (C=O) groups is 2. The summed E-state index contributed by atoms with van der Waals surface area (Å²) in [6.45, 7) is 6.66. The van der Waals surface area contributed by atoms with Crippen LogP contribution in [0.1, 0.15) is 20.8 Å². The van der Waals surface area contributed by atoms with Gasteiger partial charge in [-0.05, 0) is 55.3 Å². The molecule has 40 heavy (non-hydrogen) atoms. The number of halogens is 2. The molecule has 10 heteroatoms. The van der Waals surface area contributed by atoms with Crippen LogP contribution in [0.5, 0.6) is 5.75 Å². The maximum Gasteiger partial charge on any atom is 0.322 e. The van der Waals surface area contributed by atoms with Crippen LogP contribution in [0.2, 0.25) is 10.0 Å². The SMILES string of the molecule is CCOc1ccc(NC(=O)N(CC(=O)Nc2cc(-c3ccccc3)nn2-c2ccc(Cl)c(Cl)c2)CC(C)C)cc1. The van der Waals surface area contributed by atoms with Gasteiger partial charge >= 0.3 is 6.03 Å². The fourth-order valence-electron chi connectivity index (χ4n) is 4.05.